The van der Waals surface area contributed by atoms with Gasteiger partial charge in [0.15, 0.2) is 0 Å². The summed E-state index contributed by atoms with van der Waals surface area (Å²) >= 11 is 5.59. The van der Waals surface area contributed by atoms with Crippen LogP contribution in [0, 0.1) is 0 Å². The standard InChI is InChI=1S/C15H23BrN2OS/c1-17-14(13-12(16)4-11-20-13)15(5-2-3-6-15)18-7-9-19-10-8-18/h4,11,14,17H,2-3,5-10H2,1H3. The molecule has 0 amide bonds. The zero-order valence-corrected chi connectivity index (χ0v) is 14.4. The quantitative estimate of drug-likeness (QED) is 0.892. The molecule has 2 heterocycles. The summed E-state index contributed by atoms with van der Waals surface area (Å²) in [5, 5.41) is 5.81. The van der Waals surface area contributed by atoms with Crippen molar-refractivity contribution in [2.24, 2.45) is 0 Å². The Labute approximate surface area is 133 Å². The maximum atomic E-state index is 5.56. The first kappa shape index (κ1) is 15.0. The van der Waals surface area contributed by atoms with Crippen molar-refractivity contribution in [3.05, 3.63) is 20.8 Å². The zero-order valence-electron chi connectivity index (χ0n) is 12.0. The Morgan fingerprint density at radius 1 is 1.35 bits per heavy atom. The smallest absolute Gasteiger partial charge is 0.0610 e. The maximum absolute atomic E-state index is 5.56. The average molecular weight is 359 g/mol. The third-order valence-corrected chi connectivity index (χ3v) is 6.78. The number of likely N-dealkylation sites (N-methyl/N-ethyl adjacent to an activating group) is 1. The SMILES string of the molecule is CNC(c1sccc1Br)C1(N2CCOCC2)CCCC1. The minimum Gasteiger partial charge on any atom is -0.379 e. The lowest BCUT2D eigenvalue weighted by atomic mass is 9.84. The van der Waals surface area contributed by atoms with Crippen molar-refractivity contribution in [3.8, 4) is 0 Å². The summed E-state index contributed by atoms with van der Waals surface area (Å²) in [6.45, 7) is 3.90. The van der Waals surface area contributed by atoms with Crippen molar-refractivity contribution in [2.75, 3.05) is 33.4 Å². The minimum atomic E-state index is 0.270. The lowest BCUT2D eigenvalue weighted by Crippen LogP contribution is -2.57. The number of ether oxygens (including phenoxy) is 1. The van der Waals surface area contributed by atoms with Crippen LogP contribution in [0.15, 0.2) is 15.9 Å². The van der Waals surface area contributed by atoms with E-state index in [1.807, 2.05) is 11.3 Å². The van der Waals surface area contributed by atoms with E-state index >= 15 is 0 Å². The Hall–Kier alpha value is 0.0600. The Morgan fingerprint density at radius 3 is 2.60 bits per heavy atom. The second-order valence-corrected chi connectivity index (χ2v) is 7.57. The van der Waals surface area contributed by atoms with Crippen LogP contribution in [-0.2, 0) is 4.74 Å². The topological polar surface area (TPSA) is 24.5 Å². The predicted octanol–water partition coefficient (Wildman–Crippen LogP) is 3.42. The van der Waals surface area contributed by atoms with Gasteiger partial charge in [-0.15, -0.1) is 11.3 Å². The summed E-state index contributed by atoms with van der Waals surface area (Å²) in [5.74, 6) is 0. The van der Waals surface area contributed by atoms with E-state index in [2.05, 4.69) is 44.6 Å². The fourth-order valence-corrected chi connectivity index (χ4v) is 5.76. The third kappa shape index (κ3) is 2.59. The zero-order chi connectivity index (χ0) is 14.0. The van der Waals surface area contributed by atoms with Gasteiger partial charge in [-0.2, -0.15) is 0 Å². The van der Waals surface area contributed by atoms with E-state index in [1.165, 1.54) is 35.0 Å². The normalized spacial score (nSPS) is 24.9. The van der Waals surface area contributed by atoms with E-state index < -0.39 is 0 Å². The summed E-state index contributed by atoms with van der Waals surface area (Å²) in [6.07, 6.45) is 5.28. The van der Waals surface area contributed by atoms with E-state index in [9.17, 15) is 0 Å². The first-order chi connectivity index (χ1) is 9.78. The van der Waals surface area contributed by atoms with Gasteiger partial charge in [-0.05, 0) is 47.3 Å². The van der Waals surface area contributed by atoms with Gasteiger partial charge < -0.3 is 10.1 Å². The molecule has 20 heavy (non-hydrogen) atoms. The summed E-state index contributed by atoms with van der Waals surface area (Å²) < 4.78 is 6.81. The van der Waals surface area contributed by atoms with Gasteiger partial charge in [0.05, 0.1) is 19.3 Å². The van der Waals surface area contributed by atoms with Crippen molar-refractivity contribution in [1.82, 2.24) is 10.2 Å². The van der Waals surface area contributed by atoms with E-state index in [0.717, 1.165) is 26.3 Å². The minimum absolute atomic E-state index is 0.270. The number of rotatable bonds is 4. The molecule has 0 radical (unpaired) electrons. The Bertz CT molecular complexity index is 439. The molecule has 0 bridgehead atoms. The number of hydrogen-bond acceptors (Lipinski definition) is 4. The van der Waals surface area contributed by atoms with Gasteiger partial charge in [-0.25, -0.2) is 0 Å². The van der Waals surface area contributed by atoms with Crippen LogP contribution in [0.3, 0.4) is 0 Å². The molecule has 0 aromatic carbocycles. The van der Waals surface area contributed by atoms with Crippen LogP contribution < -0.4 is 5.32 Å². The molecule has 1 aliphatic heterocycles. The van der Waals surface area contributed by atoms with Gasteiger partial charge in [-0.1, -0.05) is 12.8 Å². The molecular weight excluding hydrogens is 336 g/mol. The molecule has 0 spiro atoms. The highest BCUT2D eigenvalue weighted by atomic mass is 79.9. The lowest BCUT2D eigenvalue weighted by molar-refractivity contribution is -0.0350. The van der Waals surface area contributed by atoms with E-state index in [4.69, 9.17) is 4.74 Å². The molecule has 3 nitrogen and oxygen atoms in total. The fraction of sp³-hybridized carbons (Fsp3) is 0.733. The van der Waals surface area contributed by atoms with Crippen LogP contribution in [0.25, 0.3) is 0 Å². The molecule has 5 heteroatoms. The molecule has 1 unspecified atom stereocenters. The first-order valence-corrected chi connectivity index (χ1v) is 9.18. The molecule has 1 atom stereocenters. The highest BCUT2D eigenvalue weighted by Gasteiger charge is 2.47. The number of nitrogens with one attached hydrogen (secondary N) is 1. The van der Waals surface area contributed by atoms with Crippen molar-refractivity contribution < 1.29 is 4.74 Å². The molecule has 1 N–H and O–H groups in total. The van der Waals surface area contributed by atoms with Gasteiger partial charge in [0.25, 0.3) is 0 Å². The summed E-state index contributed by atoms with van der Waals surface area (Å²) in [6, 6.07) is 2.59. The molecule has 1 saturated carbocycles. The second kappa shape index (κ2) is 6.44. The Morgan fingerprint density at radius 2 is 2.05 bits per heavy atom. The van der Waals surface area contributed by atoms with Crippen LogP contribution in [0.5, 0.6) is 0 Å². The van der Waals surface area contributed by atoms with Gasteiger partial charge in [0, 0.05) is 28.0 Å². The van der Waals surface area contributed by atoms with Crippen molar-refractivity contribution >= 4 is 27.3 Å². The van der Waals surface area contributed by atoms with E-state index in [-0.39, 0.29) is 5.54 Å². The van der Waals surface area contributed by atoms with Gasteiger partial charge >= 0.3 is 0 Å². The highest BCUT2D eigenvalue weighted by molar-refractivity contribution is 9.10. The van der Waals surface area contributed by atoms with Crippen molar-refractivity contribution in [3.63, 3.8) is 0 Å². The molecule has 3 rings (SSSR count). The summed E-state index contributed by atoms with van der Waals surface area (Å²) in [5.41, 5.74) is 0.270. The van der Waals surface area contributed by atoms with Crippen molar-refractivity contribution in [1.29, 1.82) is 0 Å². The van der Waals surface area contributed by atoms with Crippen LogP contribution >= 0.6 is 27.3 Å². The number of nitrogens with zero attached hydrogens (tertiary/aromatic N) is 1. The van der Waals surface area contributed by atoms with Crippen LogP contribution in [-0.4, -0.2) is 43.8 Å². The number of morpholine rings is 1. The van der Waals surface area contributed by atoms with Crippen LogP contribution in [0.4, 0.5) is 0 Å². The maximum Gasteiger partial charge on any atom is 0.0610 e. The van der Waals surface area contributed by atoms with Gasteiger partial charge in [0.1, 0.15) is 0 Å². The lowest BCUT2D eigenvalue weighted by Gasteiger charge is -2.48. The van der Waals surface area contributed by atoms with Gasteiger partial charge in [-0.3, -0.25) is 4.90 Å². The van der Waals surface area contributed by atoms with Crippen LogP contribution in [0.1, 0.15) is 36.6 Å². The fourth-order valence-electron chi connectivity index (χ4n) is 3.94. The van der Waals surface area contributed by atoms with Gasteiger partial charge in [0.2, 0.25) is 0 Å². The third-order valence-electron chi connectivity index (χ3n) is 4.84. The molecule has 2 aliphatic rings. The van der Waals surface area contributed by atoms with E-state index in [0.29, 0.717) is 6.04 Å². The molecule has 1 aliphatic carbocycles. The van der Waals surface area contributed by atoms with Crippen LogP contribution in [0.2, 0.25) is 0 Å². The number of hydrogen-bond donors (Lipinski definition) is 1. The molecule has 1 aromatic heterocycles. The largest absolute Gasteiger partial charge is 0.379 e. The first-order valence-electron chi connectivity index (χ1n) is 7.51. The number of thiophene rings is 1. The summed E-state index contributed by atoms with van der Waals surface area (Å²) in [7, 11) is 2.11. The number of halogens is 1. The molecule has 1 saturated heterocycles. The van der Waals surface area contributed by atoms with Crippen molar-refractivity contribution in [2.45, 2.75) is 37.3 Å². The Kier molecular flexibility index (Phi) is 4.82. The molecule has 2 fully saturated rings. The second-order valence-electron chi connectivity index (χ2n) is 5.76. The molecule has 1 aromatic rings. The predicted molar refractivity (Wildman–Crippen MR) is 87.4 cm³/mol. The monoisotopic (exact) mass is 358 g/mol. The average Bonchev–Trinajstić information content (AvgIpc) is 3.12. The Balaban J connectivity index is 1.93. The summed E-state index contributed by atoms with van der Waals surface area (Å²) in [4.78, 5) is 4.14. The van der Waals surface area contributed by atoms with E-state index in [1.54, 1.807) is 0 Å². The highest BCUT2D eigenvalue weighted by Crippen LogP contribution is 2.47. The molecule has 112 valence electrons. The molecular formula is C15H23BrN2OS.